The summed E-state index contributed by atoms with van der Waals surface area (Å²) < 4.78 is 82.7. The third-order valence-corrected chi connectivity index (χ3v) is 8.87. The number of amides is 1. The summed E-state index contributed by atoms with van der Waals surface area (Å²) in [6, 6.07) is 18.0. The van der Waals surface area contributed by atoms with E-state index in [1.165, 1.54) is 29.2 Å². The van der Waals surface area contributed by atoms with Crippen molar-refractivity contribution in [2.75, 3.05) is 17.2 Å². The van der Waals surface area contributed by atoms with Gasteiger partial charge >= 0.3 is 6.18 Å². The number of para-hydroxylation sites is 1. The van der Waals surface area contributed by atoms with Crippen molar-refractivity contribution in [1.82, 2.24) is 9.78 Å². The Bertz CT molecular complexity index is 1680. The van der Waals surface area contributed by atoms with Gasteiger partial charge in [-0.2, -0.15) is 45.3 Å². The fraction of sp³-hybridized carbons (Fsp3) is 0.241. The largest absolute Gasteiger partial charge is 0.416 e. The van der Waals surface area contributed by atoms with Gasteiger partial charge in [0.05, 0.1) is 33.5 Å². The maximum absolute atomic E-state index is 14.1. The second kappa shape index (κ2) is 12.5. The molecule has 0 aliphatic carbocycles. The van der Waals surface area contributed by atoms with Crippen LogP contribution in [0.25, 0.3) is 5.69 Å². The zero-order valence-electron chi connectivity index (χ0n) is 22.6. The van der Waals surface area contributed by atoms with Crippen molar-refractivity contribution in [2.24, 2.45) is 5.92 Å². The van der Waals surface area contributed by atoms with Crippen LogP contribution in [0.3, 0.4) is 0 Å². The standard InChI is InChI=1S/C29H25F4N3O3S.2H2S/c1-3-35-27-25(18(2)34-36(27)22-9-5-4-6-10-22)26(19-12-14-21(30)15-13-19)24(28(35)37)17-40(38,39)23-11-7-8-20(16-23)29(31,32)33;;/h4-16,24,26H,3,17H2,1-2H3;2*1H2/t24-,26+;;/m0../s1. The number of aromatic nitrogens is 2. The van der Waals surface area contributed by atoms with Gasteiger partial charge in [-0.1, -0.05) is 36.4 Å². The Morgan fingerprint density at radius 3 is 2.17 bits per heavy atom. The maximum Gasteiger partial charge on any atom is 0.416 e. The van der Waals surface area contributed by atoms with Crippen LogP contribution in [0.4, 0.5) is 23.4 Å². The number of anilines is 1. The first kappa shape index (κ1) is 33.2. The second-order valence-corrected chi connectivity index (χ2v) is 11.6. The van der Waals surface area contributed by atoms with E-state index in [2.05, 4.69) is 0 Å². The van der Waals surface area contributed by atoms with E-state index in [4.69, 9.17) is 5.10 Å². The van der Waals surface area contributed by atoms with Gasteiger partial charge in [-0.25, -0.2) is 17.5 Å². The lowest BCUT2D eigenvalue weighted by atomic mass is 9.78. The van der Waals surface area contributed by atoms with Crippen molar-refractivity contribution in [3.05, 3.63) is 107 Å². The van der Waals surface area contributed by atoms with Gasteiger partial charge in [-0.05, 0) is 61.9 Å². The summed E-state index contributed by atoms with van der Waals surface area (Å²) in [6.07, 6.45) is -4.74. The summed E-state index contributed by atoms with van der Waals surface area (Å²) in [4.78, 5) is 15.0. The van der Waals surface area contributed by atoms with Crippen LogP contribution in [0.15, 0.2) is 83.8 Å². The van der Waals surface area contributed by atoms with Crippen molar-refractivity contribution in [3.63, 3.8) is 0 Å². The molecule has 2 heterocycles. The van der Waals surface area contributed by atoms with Crippen LogP contribution in [0.2, 0.25) is 0 Å². The number of fused-ring (bicyclic) bond motifs is 1. The fourth-order valence-corrected chi connectivity index (χ4v) is 6.88. The predicted molar refractivity (Wildman–Crippen MR) is 162 cm³/mol. The van der Waals surface area contributed by atoms with Crippen LogP contribution in [-0.4, -0.2) is 36.4 Å². The van der Waals surface area contributed by atoms with Gasteiger partial charge in [0.1, 0.15) is 11.6 Å². The molecule has 0 spiro atoms. The van der Waals surface area contributed by atoms with E-state index in [9.17, 15) is 30.8 Å². The van der Waals surface area contributed by atoms with E-state index in [1.54, 1.807) is 18.5 Å². The third-order valence-electron chi connectivity index (χ3n) is 7.10. The zero-order valence-corrected chi connectivity index (χ0v) is 25.4. The minimum absolute atomic E-state index is 0. The molecule has 13 heteroatoms. The van der Waals surface area contributed by atoms with Gasteiger partial charge in [-0.3, -0.25) is 9.69 Å². The normalized spacial score (nSPS) is 16.8. The van der Waals surface area contributed by atoms with Crippen LogP contribution < -0.4 is 4.90 Å². The number of hydrogen-bond acceptors (Lipinski definition) is 4. The molecule has 0 fully saturated rings. The topological polar surface area (TPSA) is 72.3 Å². The molecule has 1 aliphatic heterocycles. The van der Waals surface area contributed by atoms with E-state index in [-0.39, 0.29) is 33.5 Å². The molecule has 0 unspecified atom stereocenters. The molecule has 0 saturated carbocycles. The number of nitrogens with zero attached hydrogens (tertiary/aromatic N) is 3. The molecule has 42 heavy (non-hydrogen) atoms. The molecular weight excluding hydrogens is 611 g/mol. The van der Waals surface area contributed by atoms with Crippen molar-refractivity contribution >= 4 is 48.6 Å². The lowest BCUT2D eigenvalue weighted by Gasteiger charge is -2.38. The van der Waals surface area contributed by atoms with E-state index in [0.29, 0.717) is 34.4 Å². The van der Waals surface area contributed by atoms with E-state index in [1.807, 2.05) is 30.3 Å². The Morgan fingerprint density at radius 2 is 1.57 bits per heavy atom. The first-order valence-corrected chi connectivity index (χ1v) is 14.2. The molecule has 0 N–H and O–H groups in total. The number of halogens is 4. The summed E-state index contributed by atoms with van der Waals surface area (Å²) in [6.45, 7) is 3.69. The van der Waals surface area contributed by atoms with Gasteiger partial charge in [0, 0.05) is 18.0 Å². The third kappa shape index (κ3) is 6.09. The quantitative estimate of drug-likeness (QED) is 0.237. The Kier molecular flexibility index (Phi) is 9.90. The Balaban J connectivity index is 0.00000242. The summed E-state index contributed by atoms with van der Waals surface area (Å²) in [7, 11) is -4.37. The lowest BCUT2D eigenvalue weighted by Crippen LogP contribution is -2.47. The number of hydrogen-bond donors (Lipinski definition) is 0. The highest BCUT2D eigenvalue weighted by Gasteiger charge is 2.46. The smallest absolute Gasteiger partial charge is 0.296 e. The molecule has 0 saturated heterocycles. The van der Waals surface area contributed by atoms with E-state index < -0.39 is 55.8 Å². The molecule has 0 bridgehead atoms. The molecular formula is C29H29F4N3O3S3. The first-order valence-electron chi connectivity index (χ1n) is 12.5. The zero-order chi connectivity index (χ0) is 28.8. The monoisotopic (exact) mass is 639 g/mol. The lowest BCUT2D eigenvalue weighted by molar-refractivity contribution is -0.137. The summed E-state index contributed by atoms with van der Waals surface area (Å²) in [5.41, 5.74) is 1.22. The number of rotatable bonds is 6. The average molecular weight is 640 g/mol. The fourth-order valence-electron chi connectivity index (χ4n) is 5.29. The van der Waals surface area contributed by atoms with E-state index in [0.717, 1.165) is 18.2 Å². The van der Waals surface area contributed by atoms with Gasteiger partial charge in [0.2, 0.25) is 5.91 Å². The highest BCUT2D eigenvalue weighted by atomic mass is 32.2. The number of sulfone groups is 1. The maximum atomic E-state index is 14.1. The van der Waals surface area contributed by atoms with Crippen LogP contribution in [0, 0.1) is 18.7 Å². The molecule has 1 aromatic heterocycles. The molecule has 3 aromatic carbocycles. The minimum Gasteiger partial charge on any atom is -0.296 e. The number of aryl methyl sites for hydroxylation is 1. The highest BCUT2D eigenvalue weighted by molar-refractivity contribution is 7.91. The Labute approximate surface area is 255 Å². The predicted octanol–water partition coefficient (Wildman–Crippen LogP) is 6.15. The van der Waals surface area contributed by atoms with Crippen molar-refractivity contribution in [1.29, 1.82) is 0 Å². The molecule has 5 rings (SSSR count). The first-order chi connectivity index (χ1) is 18.9. The number of carbonyl (C=O) groups is 1. The van der Waals surface area contributed by atoms with Crippen LogP contribution in [0.1, 0.15) is 35.2 Å². The molecule has 6 nitrogen and oxygen atoms in total. The van der Waals surface area contributed by atoms with Gasteiger partial charge in [-0.15, -0.1) is 0 Å². The van der Waals surface area contributed by atoms with E-state index >= 15 is 0 Å². The minimum atomic E-state index is -4.74. The molecule has 4 aromatic rings. The molecule has 2 atom stereocenters. The average Bonchev–Trinajstić information content (AvgIpc) is 3.26. The van der Waals surface area contributed by atoms with Crippen molar-refractivity contribution in [3.8, 4) is 5.69 Å². The Hall–Kier alpha value is -3.29. The molecule has 1 amide bonds. The van der Waals surface area contributed by atoms with Crippen LogP contribution in [0.5, 0.6) is 0 Å². The second-order valence-electron chi connectivity index (χ2n) is 9.60. The van der Waals surface area contributed by atoms with Gasteiger partial charge in [0.15, 0.2) is 9.84 Å². The number of carbonyl (C=O) groups excluding carboxylic acids is 1. The molecule has 0 radical (unpaired) electrons. The summed E-state index contributed by atoms with van der Waals surface area (Å²) in [5, 5.41) is 4.69. The molecule has 1 aliphatic rings. The van der Waals surface area contributed by atoms with Crippen LogP contribution >= 0.6 is 27.0 Å². The van der Waals surface area contributed by atoms with Crippen LogP contribution in [-0.2, 0) is 20.8 Å². The number of benzene rings is 3. The van der Waals surface area contributed by atoms with Crippen molar-refractivity contribution in [2.45, 2.75) is 30.8 Å². The van der Waals surface area contributed by atoms with Gasteiger partial charge in [0.25, 0.3) is 0 Å². The van der Waals surface area contributed by atoms with Gasteiger partial charge < -0.3 is 0 Å². The summed E-state index contributed by atoms with van der Waals surface area (Å²) >= 11 is 0. The Morgan fingerprint density at radius 1 is 0.929 bits per heavy atom. The number of alkyl halides is 3. The highest BCUT2D eigenvalue weighted by Crippen LogP contribution is 2.47. The molecule has 224 valence electrons. The van der Waals surface area contributed by atoms with Crippen molar-refractivity contribution < 1.29 is 30.8 Å². The SMILES string of the molecule is CCN1C(=O)[C@@H](CS(=O)(=O)c2cccc(C(F)(F)F)c2)[C@@H](c2ccc(F)cc2)c2c(C)nn(-c3ccccc3)c21.S.S. The summed E-state index contributed by atoms with van der Waals surface area (Å²) in [5.74, 6) is -3.35.